The molecule has 9 aromatic rings. The van der Waals surface area contributed by atoms with Crippen LogP contribution >= 0.6 is 0 Å². The topological polar surface area (TPSA) is 57.2 Å². The normalized spacial score (nSPS) is 12.2. The summed E-state index contributed by atoms with van der Waals surface area (Å²) in [5.41, 5.74) is 12.9. The van der Waals surface area contributed by atoms with Gasteiger partial charge >= 0.3 is 21.1 Å². The molecule has 0 aliphatic carbocycles. The molecule has 0 unspecified atom stereocenters. The van der Waals surface area contributed by atoms with Crippen LogP contribution in [0.2, 0.25) is 0 Å². The fraction of sp³-hybridized carbons (Fsp3) is 0.0976. The SMILES string of the molecule is Cc1cc(C)c(-c2cn3c(n2)c2[c-]c(Oc4[c-]c5c(cc4)Cc4cccc6c7cccnc7n-5c46)ccc2c2cccnc23)c(C)c1.[Pt+2]. The second-order valence-electron chi connectivity index (χ2n) is 12.6. The number of hydrogen-bond donors (Lipinski definition) is 0. The van der Waals surface area contributed by atoms with Crippen molar-refractivity contribution in [3.8, 4) is 28.4 Å². The van der Waals surface area contributed by atoms with E-state index >= 15 is 0 Å². The second-order valence-corrected chi connectivity index (χ2v) is 12.6. The maximum Gasteiger partial charge on any atom is 2.00 e. The van der Waals surface area contributed by atoms with Crippen LogP contribution in [0.5, 0.6) is 11.5 Å². The molecule has 4 aromatic carbocycles. The maximum absolute atomic E-state index is 6.53. The van der Waals surface area contributed by atoms with E-state index in [1.54, 1.807) is 0 Å². The van der Waals surface area contributed by atoms with Crippen molar-refractivity contribution in [3.05, 3.63) is 137 Å². The van der Waals surface area contributed by atoms with Crippen molar-refractivity contribution in [2.24, 2.45) is 0 Å². The average molecular weight is 801 g/mol. The average Bonchev–Trinajstić information content (AvgIpc) is 3.66. The van der Waals surface area contributed by atoms with Gasteiger partial charge in [-0.2, -0.15) is 6.07 Å². The summed E-state index contributed by atoms with van der Waals surface area (Å²) in [6, 6.07) is 34.5. The molecule has 0 saturated heterocycles. The number of pyridine rings is 3. The van der Waals surface area contributed by atoms with Gasteiger partial charge in [0, 0.05) is 46.4 Å². The number of fused-ring (bicyclic) bond motifs is 11. The third-order valence-corrected chi connectivity index (χ3v) is 9.52. The zero-order valence-corrected chi connectivity index (χ0v) is 28.7. The van der Waals surface area contributed by atoms with Gasteiger partial charge in [-0.3, -0.25) is 4.98 Å². The fourth-order valence-corrected chi connectivity index (χ4v) is 7.70. The minimum atomic E-state index is 0. The molecule has 0 atom stereocenters. The van der Waals surface area contributed by atoms with Crippen molar-refractivity contribution in [1.82, 2.24) is 23.9 Å². The van der Waals surface area contributed by atoms with Crippen LogP contribution in [-0.2, 0) is 27.5 Å². The summed E-state index contributed by atoms with van der Waals surface area (Å²) in [7, 11) is 0. The molecule has 48 heavy (non-hydrogen) atoms. The van der Waals surface area contributed by atoms with Gasteiger partial charge in [0.1, 0.15) is 11.3 Å². The van der Waals surface area contributed by atoms with E-state index in [9.17, 15) is 0 Å². The van der Waals surface area contributed by atoms with Gasteiger partial charge in [-0.05, 0) is 67.5 Å². The van der Waals surface area contributed by atoms with E-state index in [0.717, 1.165) is 61.9 Å². The Morgan fingerprint density at radius 2 is 1.40 bits per heavy atom. The van der Waals surface area contributed by atoms with Crippen LogP contribution < -0.4 is 4.74 Å². The summed E-state index contributed by atoms with van der Waals surface area (Å²) >= 11 is 0. The molecule has 232 valence electrons. The molecule has 0 radical (unpaired) electrons. The van der Waals surface area contributed by atoms with Crippen molar-refractivity contribution in [2.75, 3.05) is 0 Å². The molecular weight excluding hydrogens is 774 g/mol. The molecule has 5 aromatic heterocycles. The molecule has 7 heteroatoms. The van der Waals surface area contributed by atoms with E-state index in [4.69, 9.17) is 19.7 Å². The van der Waals surface area contributed by atoms with E-state index in [-0.39, 0.29) is 21.1 Å². The Hall–Kier alpha value is -5.32. The number of ether oxygens (including phenoxy) is 1. The van der Waals surface area contributed by atoms with Crippen LogP contribution in [0.3, 0.4) is 0 Å². The van der Waals surface area contributed by atoms with E-state index in [2.05, 4.69) is 103 Å². The smallest absolute Gasteiger partial charge is 0.503 e. The van der Waals surface area contributed by atoms with Crippen LogP contribution in [0.15, 0.2) is 97.5 Å². The summed E-state index contributed by atoms with van der Waals surface area (Å²) in [5, 5.41) is 5.29. The van der Waals surface area contributed by atoms with Gasteiger partial charge in [0.15, 0.2) is 0 Å². The molecule has 0 bridgehead atoms. The molecule has 6 heterocycles. The van der Waals surface area contributed by atoms with E-state index < -0.39 is 0 Å². The molecule has 1 aliphatic heterocycles. The third-order valence-electron chi connectivity index (χ3n) is 9.52. The Kier molecular flexibility index (Phi) is 6.37. The Balaban J connectivity index is 0.00000314. The van der Waals surface area contributed by atoms with Gasteiger partial charge in [0.05, 0.1) is 16.9 Å². The number of imidazole rings is 1. The fourth-order valence-electron chi connectivity index (χ4n) is 7.70. The summed E-state index contributed by atoms with van der Waals surface area (Å²) < 4.78 is 10.9. The quantitative estimate of drug-likeness (QED) is 0.132. The molecule has 1 aliphatic rings. The van der Waals surface area contributed by atoms with Crippen LogP contribution in [0.1, 0.15) is 27.8 Å². The number of nitrogens with zero attached hydrogens (tertiary/aromatic N) is 5. The number of aromatic nitrogens is 5. The Bertz CT molecular complexity index is 2770. The standard InChI is InChI=1S/C41H27N5O.Pt/c1-23-17-24(2)37(25(3)18-23)35-22-45-39-32(9-5-15-42-39)30-14-13-28(20-34(30)41(45)44-35)47-29-12-11-26-19-27-7-4-8-31-33-10-6-16-43-40(33)46(38(27)31)36(26)21-29;/h4-18,22H,19H2,1-3H3;/q-2;+2. The zero-order chi connectivity index (χ0) is 31.4. The summed E-state index contributed by atoms with van der Waals surface area (Å²) in [6.45, 7) is 6.43. The molecule has 0 saturated carbocycles. The van der Waals surface area contributed by atoms with Gasteiger partial charge < -0.3 is 13.7 Å². The van der Waals surface area contributed by atoms with Crippen LogP contribution in [0.4, 0.5) is 0 Å². The number of aryl methyl sites for hydroxylation is 3. The van der Waals surface area contributed by atoms with E-state index in [1.807, 2.05) is 36.7 Å². The third kappa shape index (κ3) is 4.12. The zero-order valence-electron chi connectivity index (χ0n) is 26.4. The first-order valence-corrected chi connectivity index (χ1v) is 15.8. The second kappa shape index (κ2) is 10.6. The monoisotopic (exact) mass is 800 g/mol. The number of benzene rings is 4. The molecule has 10 rings (SSSR count). The summed E-state index contributed by atoms with van der Waals surface area (Å²) in [4.78, 5) is 14.8. The van der Waals surface area contributed by atoms with Crippen molar-refractivity contribution in [1.29, 1.82) is 0 Å². The van der Waals surface area contributed by atoms with Gasteiger partial charge in [0.2, 0.25) is 0 Å². The van der Waals surface area contributed by atoms with Crippen molar-refractivity contribution >= 4 is 49.4 Å². The van der Waals surface area contributed by atoms with E-state index in [1.165, 1.54) is 38.7 Å². The predicted molar refractivity (Wildman–Crippen MR) is 187 cm³/mol. The number of para-hydroxylation sites is 1. The Labute approximate surface area is 290 Å². The Morgan fingerprint density at radius 3 is 2.21 bits per heavy atom. The first-order chi connectivity index (χ1) is 23.0. The van der Waals surface area contributed by atoms with Crippen molar-refractivity contribution < 1.29 is 25.8 Å². The van der Waals surface area contributed by atoms with Gasteiger partial charge in [-0.15, -0.1) is 29.8 Å². The largest absolute Gasteiger partial charge is 2.00 e. The van der Waals surface area contributed by atoms with Crippen LogP contribution in [-0.4, -0.2) is 23.9 Å². The van der Waals surface area contributed by atoms with Crippen molar-refractivity contribution in [2.45, 2.75) is 27.2 Å². The number of rotatable bonds is 3. The van der Waals surface area contributed by atoms with Gasteiger partial charge in [-0.1, -0.05) is 64.5 Å². The van der Waals surface area contributed by atoms with Crippen molar-refractivity contribution in [3.63, 3.8) is 0 Å². The van der Waals surface area contributed by atoms with Crippen LogP contribution in [0, 0.1) is 32.9 Å². The summed E-state index contributed by atoms with van der Waals surface area (Å²) in [5.74, 6) is 1.22. The molecule has 0 spiro atoms. The minimum absolute atomic E-state index is 0. The van der Waals surface area contributed by atoms with E-state index in [0.29, 0.717) is 11.5 Å². The van der Waals surface area contributed by atoms with Gasteiger partial charge in [-0.25, -0.2) is 9.97 Å². The maximum atomic E-state index is 6.53. The number of hydrogen-bond acceptors (Lipinski definition) is 4. The predicted octanol–water partition coefficient (Wildman–Crippen LogP) is 9.41. The first kappa shape index (κ1) is 28.9. The Morgan fingerprint density at radius 1 is 0.688 bits per heavy atom. The van der Waals surface area contributed by atoms with Crippen LogP contribution in [0.25, 0.3) is 66.3 Å². The molecule has 6 nitrogen and oxygen atoms in total. The molecule has 0 amide bonds. The molecule has 0 fully saturated rings. The first-order valence-electron chi connectivity index (χ1n) is 15.8. The van der Waals surface area contributed by atoms with Gasteiger partial charge in [0.25, 0.3) is 0 Å². The minimum Gasteiger partial charge on any atom is -0.503 e. The summed E-state index contributed by atoms with van der Waals surface area (Å²) in [6.07, 6.45) is 6.62. The molecular formula is C41H27N5OPt. The molecule has 0 N–H and O–H groups in total.